The molecule has 3 N–H and O–H groups in total. The topological polar surface area (TPSA) is 46.2 Å². The van der Waals surface area contributed by atoms with Crippen LogP contribution in [-0.4, -0.2) is 5.11 Å². The van der Waals surface area contributed by atoms with Gasteiger partial charge < -0.3 is 10.8 Å². The lowest BCUT2D eigenvalue weighted by molar-refractivity contribution is 0.475. The first-order valence-electron chi connectivity index (χ1n) is 4.62. The zero-order chi connectivity index (χ0) is 11.7. The van der Waals surface area contributed by atoms with Crippen LogP contribution in [0.2, 0.25) is 0 Å². The summed E-state index contributed by atoms with van der Waals surface area (Å²) in [6.45, 7) is 0. The highest BCUT2D eigenvalue weighted by atomic mass is 19.1. The van der Waals surface area contributed by atoms with Crippen molar-refractivity contribution in [2.75, 3.05) is 5.73 Å². The molecule has 0 bridgehead atoms. The Labute approximate surface area is 91.0 Å². The molecule has 0 aliphatic heterocycles. The van der Waals surface area contributed by atoms with Gasteiger partial charge in [0.15, 0.2) is 0 Å². The van der Waals surface area contributed by atoms with Gasteiger partial charge in [-0.1, -0.05) is 12.1 Å². The van der Waals surface area contributed by atoms with Crippen LogP contribution < -0.4 is 5.73 Å². The lowest BCUT2D eigenvalue weighted by Gasteiger charge is -2.05. The van der Waals surface area contributed by atoms with Crippen molar-refractivity contribution in [2.24, 2.45) is 0 Å². The number of benzene rings is 2. The van der Waals surface area contributed by atoms with Gasteiger partial charge in [0.2, 0.25) is 0 Å². The molecule has 0 saturated heterocycles. The highest BCUT2D eigenvalue weighted by Crippen LogP contribution is 2.27. The van der Waals surface area contributed by atoms with Gasteiger partial charge in [-0.2, -0.15) is 0 Å². The molecule has 2 nitrogen and oxygen atoms in total. The zero-order valence-electron chi connectivity index (χ0n) is 8.24. The van der Waals surface area contributed by atoms with E-state index in [0.29, 0.717) is 5.56 Å². The second-order valence-electron chi connectivity index (χ2n) is 3.40. The third-order valence-corrected chi connectivity index (χ3v) is 2.26. The number of phenolic OH excluding ortho intramolecular Hbond substituents is 1. The Balaban J connectivity index is 2.56. The molecule has 0 aromatic heterocycles. The molecule has 82 valence electrons. The molecular weight excluding hydrogens is 212 g/mol. The minimum Gasteiger partial charge on any atom is -0.508 e. The summed E-state index contributed by atoms with van der Waals surface area (Å²) in [4.78, 5) is 0. The number of halogens is 2. The van der Waals surface area contributed by atoms with Gasteiger partial charge >= 0.3 is 0 Å². The van der Waals surface area contributed by atoms with Crippen molar-refractivity contribution in [3.63, 3.8) is 0 Å². The predicted octanol–water partition coefficient (Wildman–Crippen LogP) is 2.92. The van der Waals surface area contributed by atoms with Gasteiger partial charge in [-0.15, -0.1) is 0 Å². The average Bonchev–Trinajstić information content (AvgIpc) is 2.25. The van der Waals surface area contributed by atoms with Crippen LogP contribution in [0.25, 0.3) is 11.1 Å². The first kappa shape index (κ1) is 10.4. The third-order valence-electron chi connectivity index (χ3n) is 2.26. The van der Waals surface area contributed by atoms with E-state index in [4.69, 9.17) is 10.8 Å². The molecule has 0 spiro atoms. The van der Waals surface area contributed by atoms with Gasteiger partial charge in [0, 0.05) is 11.6 Å². The second-order valence-corrected chi connectivity index (χ2v) is 3.40. The Hall–Kier alpha value is -2.10. The molecule has 2 rings (SSSR count). The smallest absolute Gasteiger partial charge is 0.149 e. The number of hydrogen-bond acceptors (Lipinski definition) is 2. The molecule has 0 amide bonds. The Morgan fingerprint density at radius 2 is 1.56 bits per heavy atom. The van der Waals surface area contributed by atoms with Crippen LogP contribution in [0, 0.1) is 11.6 Å². The van der Waals surface area contributed by atoms with Gasteiger partial charge in [0.05, 0.1) is 5.69 Å². The first-order valence-corrected chi connectivity index (χ1v) is 4.62. The fourth-order valence-electron chi connectivity index (χ4n) is 1.43. The van der Waals surface area contributed by atoms with E-state index in [1.54, 1.807) is 0 Å². The SMILES string of the molecule is Nc1cc(-c2ccc(O)cc2)c(F)cc1F. The Morgan fingerprint density at radius 1 is 0.938 bits per heavy atom. The summed E-state index contributed by atoms with van der Waals surface area (Å²) in [6, 6.07) is 7.90. The number of aromatic hydroxyl groups is 1. The van der Waals surface area contributed by atoms with Crippen molar-refractivity contribution in [1.82, 2.24) is 0 Å². The van der Waals surface area contributed by atoms with Crippen LogP contribution in [0.3, 0.4) is 0 Å². The van der Waals surface area contributed by atoms with E-state index in [1.807, 2.05) is 0 Å². The quantitative estimate of drug-likeness (QED) is 0.727. The fraction of sp³-hybridized carbons (Fsp3) is 0. The summed E-state index contributed by atoms with van der Waals surface area (Å²) in [7, 11) is 0. The maximum absolute atomic E-state index is 13.5. The predicted molar refractivity (Wildman–Crippen MR) is 57.9 cm³/mol. The molecular formula is C12H9F2NO. The van der Waals surface area contributed by atoms with Gasteiger partial charge in [0.1, 0.15) is 17.4 Å². The van der Waals surface area contributed by atoms with Crippen molar-refractivity contribution < 1.29 is 13.9 Å². The zero-order valence-corrected chi connectivity index (χ0v) is 8.24. The molecule has 2 aromatic rings. The van der Waals surface area contributed by atoms with Crippen LogP contribution in [0.5, 0.6) is 5.75 Å². The van der Waals surface area contributed by atoms with Crippen molar-refractivity contribution in [3.8, 4) is 16.9 Å². The van der Waals surface area contributed by atoms with Crippen LogP contribution in [0.15, 0.2) is 36.4 Å². The van der Waals surface area contributed by atoms with E-state index >= 15 is 0 Å². The first-order chi connectivity index (χ1) is 7.58. The standard InChI is InChI=1S/C12H9F2NO/c13-10-6-11(14)12(15)5-9(10)7-1-3-8(16)4-2-7/h1-6,16H,15H2. The van der Waals surface area contributed by atoms with Crippen molar-refractivity contribution in [3.05, 3.63) is 48.0 Å². The van der Waals surface area contributed by atoms with E-state index in [1.165, 1.54) is 30.3 Å². The number of anilines is 1. The van der Waals surface area contributed by atoms with Crippen LogP contribution in [-0.2, 0) is 0 Å². The number of nitrogen functional groups attached to an aromatic ring is 1. The maximum Gasteiger partial charge on any atom is 0.149 e. The molecule has 0 saturated carbocycles. The van der Waals surface area contributed by atoms with Crippen LogP contribution in [0.4, 0.5) is 14.5 Å². The largest absolute Gasteiger partial charge is 0.508 e. The van der Waals surface area contributed by atoms with E-state index in [9.17, 15) is 8.78 Å². The molecule has 0 heterocycles. The summed E-state index contributed by atoms with van der Waals surface area (Å²) in [5.74, 6) is -1.38. The van der Waals surface area contributed by atoms with Gasteiger partial charge in [-0.3, -0.25) is 0 Å². The Kier molecular flexibility index (Phi) is 2.48. The Bertz CT molecular complexity index is 523. The molecule has 0 radical (unpaired) electrons. The van der Waals surface area contributed by atoms with Crippen LogP contribution >= 0.6 is 0 Å². The second kappa shape index (κ2) is 3.81. The maximum atomic E-state index is 13.5. The molecule has 2 aromatic carbocycles. The normalized spacial score (nSPS) is 10.4. The van der Waals surface area contributed by atoms with Crippen LogP contribution in [0.1, 0.15) is 0 Å². The Morgan fingerprint density at radius 3 is 2.19 bits per heavy atom. The van der Waals surface area contributed by atoms with E-state index in [-0.39, 0.29) is 17.0 Å². The summed E-state index contributed by atoms with van der Waals surface area (Å²) in [6.07, 6.45) is 0. The molecule has 0 aliphatic rings. The number of nitrogens with two attached hydrogens (primary N) is 1. The van der Waals surface area contributed by atoms with E-state index in [0.717, 1.165) is 6.07 Å². The molecule has 16 heavy (non-hydrogen) atoms. The molecule has 0 aliphatic carbocycles. The van der Waals surface area contributed by atoms with Gasteiger partial charge in [0.25, 0.3) is 0 Å². The van der Waals surface area contributed by atoms with Crippen molar-refractivity contribution in [1.29, 1.82) is 0 Å². The summed E-state index contributed by atoms with van der Waals surface area (Å²) < 4.78 is 26.4. The van der Waals surface area contributed by atoms with E-state index in [2.05, 4.69) is 0 Å². The summed E-state index contributed by atoms with van der Waals surface area (Å²) in [5, 5.41) is 9.09. The number of rotatable bonds is 1. The molecule has 4 heteroatoms. The number of hydrogen-bond donors (Lipinski definition) is 2. The highest BCUT2D eigenvalue weighted by Gasteiger charge is 2.09. The average molecular weight is 221 g/mol. The van der Waals surface area contributed by atoms with Crippen molar-refractivity contribution in [2.45, 2.75) is 0 Å². The summed E-state index contributed by atoms with van der Waals surface area (Å²) >= 11 is 0. The van der Waals surface area contributed by atoms with Crippen molar-refractivity contribution >= 4 is 5.69 Å². The minimum atomic E-state index is -0.778. The lowest BCUT2D eigenvalue weighted by atomic mass is 10.0. The monoisotopic (exact) mass is 221 g/mol. The van der Waals surface area contributed by atoms with E-state index < -0.39 is 11.6 Å². The van der Waals surface area contributed by atoms with Gasteiger partial charge in [-0.25, -0.2) is 8.78 Å². The minimum absolute atomic E-state index is 0.0826. The fourth-order valence-corrected chi connectivity index (χ4v) is 1.43. The third kappa shape index (κ3) is 1.82. The lowest BCUT2D eigenvalue weighted by Crippen LogP contribution is -1.94. The van der Waals surface area contributed by atoms with Gasteiger partial charge in [-0.05, 0) is 23.8 Å². The summed E-state index contributed by atoms with van der Waals surface area (Å²) in [5.41, 5.74) is 6.00. The highest BCUT2D eigenvalue weighted by molar-refractivity contribution is 5.68. The number of phenols is 1. The molecule has 0 atom stereocenters. The molecule has 0 unspecified atom stereocenters. The molecule has 0 fully saturated rings.